The van der Waals surface area contributed by atoms with E-state index >= 15 is 0 Å². The summed E-state index contributed by atoms with van der Waals surface area (Å²) in [7, 11) is 1.89. The van der Waals surface area contributed by atoms with Crippen molar-refractivity contribution in [2.24, 2.45) is 10.9 Å². The molecule has 1 aliphatic carbocycles. The van der Waals surface area contributed by atoms with E-state index in [0.717, 1.165) is 30.2 Å². The molecule has 1 aromatic rings. The fourth-order valence-electron chi connectivity index (χ4n) is 4.15. The standard InChI is InChI=1S/C20H35N5S2.HI/c1-4-26-19-6-5-17(11-19)24-20(21-3)22-12-16-7-9-25(10-8-16)13-18-14-27-15(2)23-18;/h14,16-17,19H,4-13H2,1-3H3,(H2,21,22,24);1H. The van der Waals surface area contributed by atoms with Crippen LogP contribution >= 0.6 is 47.1 Å². The van der Waals surface area contributed by atoms with Crippen molar-refractivity contribution in [1.82, 2.24) is 20.5 Å². The number of nitrogens with one attached hydrogen (secondary N) is 2. The molecule has 5 nitrogen and oxygen atoms in total. The molecule has 2 aliphatic rings. The van der Waals surface area contributed by atoms with Crippen molar-refractivity contribution in [2.75, 3.05) is 32.4 Å². The van der Waals surface area contributed by atoms with Crippen LogP contribution in [0.1, 0.15) is 49.7 Å². The zero-order chi connectivity index (χ0) is 19.1. The molecule has 0 aromatic carbocycles. The van der Waals surface area contributed by atoms with Crippen LogP contribution in [0.2, 0.25) is 0 Å². The lowest BCUT2D eigenvalue weighted by atomic mass is 9.97. The Kier molecular flexibility index (Phi) is 10.9. The Morgan fingerprint density at radius 2 is 2.11 bits per heavy atom. The van der Waals surface area contributed by atoms with Gasteiger partial charge in [-0.3, -0.25) is 9.89 Å². The molecule has 2 unspecified atom stereocenters. The molecule has 1 saturated carbocycles. The Hall–Kier alpha value is -0.0600. The summed E-state index contributed by atoms with van der Waals surface area (Å²) in [6, 6.07) is 0.587. The molecule has 2 atom stereocenters. The van der Waals surface area contributed by atoms with Gasteiger partial charge in [0.2, 0.25) is 0 Å². The predicted molar refractivity (Wildman–Crippen MR) is 134 cm³/mol. The zero-order valence-electron chi connectivity index (χ0n) is 17.4. The van der Waals surface area contributed by atoms with Gasteiger partial charge in [0.05, 0.1) is 10.7 Å². The Balaban J connectivity index is 0.00000280. The highest BCUT2D eigenvalue weighted by molar-refractivity contribution is 14.0. The van der Waals surface area contributed by atoms with Crippen LogP contribution in [0.3, 0.4) is 0 Å². The van der Waals surface area contributed by atoms with Crippen LogP contribution in [-0.4, -0.2) is 59.6 Å². The molecule has 8 heteroatoms. The van der Waals surface area contributed by atoms with Crippen LogP contribution in [-0.2, 0) is 6.54 Å². The Morgan fingerprint density at radius 1 is 1.32 bits per heavy atom. The molecule has 0 amide bonds. The maximum Gasteiger partial charge on any atom is 0.191 e. The topological polar surface area (TPSA) is 52.6 Å². The maximum atomic E-state index is 4.60. The van der Waals surface area contributed by atoms with Crippen molar-refractivity contribution >= 4 is 53.0 Å². The lowest BCUT2D eigenvalue weighted by Crippen LogP contribution is -2.45. The number of hydrogen-bond acceptors (Lipinski definition) is 5. The van der Waals surface area contributed by atoms with E-state index in [-0.39, 0.29) is 24.0 Å². The molecule has 0 bridgehead atoms. The summed E-state index contributed by atoms with van der Waals surface area (Å²) < 4.78 is 0. The minimum atomic E-state index is 0. The Labute approximate surface area is 196 Å². The van der Waals surface area contributed by atoms with Crippen LogP contribution in [0.15, 0.2) is 10.4 Å². The van der Waals surface area contributed by atoms with Gasteiger partial charge in [-0.15, -0.1) is 35.3 Å². The van der Waals surface area contributed by atoms with Crippen LogP contribution in [0, 0.1) is 12.8 Å². The second kappa shape index (κ2) is 12.6. The first-order valence-corrected chi connectivity index (χ1v) is 12.3. The number of thioether (sulfide) groups is 1. The van der Waals surface area contributed by atoms with Crippen molar-refractivity contribution in [3.8, 4) is 0 Å². The minimum Gasteiger partial charge on any atom is -0.356 e. The highest BCUT2D eigenvalue weighted by Crippen LogP contribution is 2.29. The van der Waals surface area contributed by atoms with Gasteiger partial charge in [-0.05, 0) is 63.8 Å². The average molecular weight is 538 g/mol. The fraction of sp³-hybridized carbons (Fsp3) is 0.800. The first-order chi connectivity index (χ1) is 13.2. The molecule has 2 heterocycles. The molecule has 3 rings (SSSR count). The molecule has 2 N–H and O–H groups in total. The predicted octanol–water partition coefficient (Wildman–Crippen LogP) is 4.12. The third-order valence-corrected chi connectivity index (χ3v) is 7.72. The molecule has 1 saturated heterocycles. The minimum absolute atomic E-state index is 0. The number of rotatable bonds is 7. The number of aliphatic imine (C=N–C) groups is 1. The van der Waals surface area contributed by atoms with Crippen molar-refractivity contribution in [1.29, 1.82) is 0 Å². The molecule has 1 aromatic heterocycles. The first kappa shape index (κ1) is 24.2. The van der Waals surface area contributed by atoms with Gasteiger partial charge in [0.15, 0.2) is 5.96 Å². The van der Waals surface area contributed by atoms with Gasteiger partial charge in [-0.1, -0.05) is 6.92 Å². The van der Waals surface area contributed by atoms with Crippen molar-refractivity contribution in [2.45, 2.75) is 63.8 Å². The van der Waals surface area contributed by atoms with E-state index in [1.807, 2.05) is 7.05 Å². The normalized spacial score (nSPS) is 24.2. The van der Waals surface area contributed by atoms with Crippen LogP contribution in [0.5, 0.6) is 0 Å². The zero-order valence-corrected chi connectivity index (χ0v) is 21.4. The summed E-state index contributed by atoms with van der Waals surface area (Å²) in [6.07, 6.45) is 6.39. The third-order valence-electron chi connectivity index (χ3n) is 5.67. The molecule has 0 radical (unpaired) electrons. The van der Waals surface area contributed by atoms with E-state index in [1.165, 1.54) is 61.6 Å². The molecule has 28 heavy (non-hydrogen) atoms. The number of piperidine rings is 1. The van der Waals surface area contributed by atoms with Crippen LogP contribution in [0.25, 0.3) is 0 Å². The number of likely N-dealkylation sites (tertiary alicyclic amines) is 1. The van der Waals surface area contributed by atoms with E-state index in [2.05, 4.69) is 56.5 Å². The monoisotopic (exact) mass is 537 g/mol. The van der Waals surface area contributed by atoms with Gasteiger partial charge in [0.1, 0.15) is 0 Å². The Morgan fingerprint density at radius 3 is 2.75 bits per heavy atom. The second-order valence-corrected chi connectivity index (χ2v) is 10.4. The van der Waals surface area contributed by atoms with Crippen LogP contribution < -0.4 is 10.6 Å². The van der Waals surface area contributed by atoms with E-state index in [0.29, 0.717) is 6.04 Å². The van der Waals surface area contributed by atoms with Crippen LogP contribution in [0.4, 0.5) is 0 Å². The maximum absolute atomic E-state index is 4.60. The van der Waals surface area contributed by atoms with E-state index < -0.39 is 0 Å². The molecule has 1 aliphatic heterocycles. The number of aromatic nitrogens is 1. The molecular weight excluding hydrogens is 501 g/mol. The Bertz CT molecular complexity index is 601. The highest BCUT2D eigenvalue weighted by atomic mass is 127. The van der Waals surface area contributed by atoms with Crippen molar-refractivity contribution < 1.29 is 0 Å². The van der Waals surface area contributed by atoms with Gasteiger partial charge < -0.3 is 10.6 Å². The van der Waals surface area contributed by atoms with Gasteiger partial charge in [-0.25, -0.2) is 4.98 Å². The fourth-order valence-corrected chi connectivity index (χ4v) is 5.89. The number of thiazole rings is 1. The molecular formula is C20H36IN5S2. The summed E-state index contributed by atoms with van der Waals surface area (Å²) >= 11 is 3.86. The largest absolute Gasteiger partial charge is 0.356 e. The average Bonchev–Trinajstić information content (AvgIpc) is 3.29. The summed E-state index contributed by atoms with van der Waals surface area (Å²) in [5.74, 6) is 2.96. The quantitative estimate of drug-likeness (QED) is 0.312. The smallest absolute Gasteiger partial charge is 0.191 e. The van der Waals surface area contributed by atoms with Gasteiger partial charge in [0, 0.05) is 36.8 Å². The van der Waals surface area contributed by atoms with Gasteiger partial charge >= 0.3 is 0 Å². The number of guanidine groups is 1. The van der Waals surface area contributed by atoms with Gasteiger partial charge in [0.25, 0.3) is 0 Å². The highest BCUT2D eigenvalue weighted by Gasteiger charge is 2.25. The van der Waals surface area contributed by atoms with Gasteiger partial charge in [-0.2, -0.15) is 11.8 Å². The lowest BCUT2D eigenvalue weighted by Gasteiger charge is -2.32. The SMILES string of the molecule is CCSC1CCC(NC(=NC)NCC2CCN(Cc3csc(C)n3)CC2)C1.I. The third kappa shape index (κ3) is 7.65. The summed E-state index contributed by atoms with van der Waals surface area (Å²) in [5, 5.41) is 11.4. The molecule has 0 spiro atoms. The molecule has 160 valence electrons. The van der Waals surface area contributed by atoms with Crippen molar-refractivity contribution in [3.05, 3.63) is 16.1 Å². The van der Waals surface area contributed by atoms with Crippen molar-refractivity contribution in [3.63, 3.8) is 0 Å². The number of aryl methyl sites for hydroxylation is 1. The second-order valence-electron chi connectivity index (χ2n) is 7.76. The summed E-state index contributed by atoms with van der Waals surface area (Å²) in [6.45, 7) is 8.73. The number of hydrogen-bond donors (Lipinski definition) is 2. The van der Waals surface area contributed by atoms with E-state index in [4.69, 9.17) is 0 Å². The number of halogens is 1. The van der Waals surface area contributed by atoms with E-state index in [1.54, 1.807) is 11.3 Å². The summed E-state index contributed by atoms with van der Waals surface area (Å²) in [4.78, 5) is 11.6. The molecule has 2 fully saturated rings. The summed E-state index contributed by atoms with van der Waals surface area (Å²) in [5.41, 5.74) is 1.23. The number of nitrogens with zero attached hydrogens (tertiary/aromatic N) is 3. The van der Waals surface area contributed by atoms with E-state index in [9.17, 15) is 0 Å². The lowest BCUT2D eigenvalue weighted by molar-refractivity contribution is 0.176. The first-order valence-electron chi connectivity index (χ1n) is 10.4.